The van der Waals surface area contributed by atoms with Gasteiger partial charge in [0, 0.05) is 5.75 Å². The molecule has 0 saturated heterocycles. The second-order valence-corrected chi connectivity index (χ2v) is 3.35. The molecule has 3 nitrogen and oxygen atoms in total. The van der Waals surface area contributed by atoms with E-state index in [0.717, 1.165) is 12.2 Å². The molecule has 0 aliphatic heterocycles. The number of nitrogens with two attached hydrogens (primary N) is 1. The van der Waals surface area contributed by atoms with Gasteiger partial charge in [0.1, 0.15) is 6.04 Å². The van der Waals surface area contributed by atoms with E-state index in [1.807, 2.05) is 0 Å². The first-order valence-electron chi connectivity index (χ1n) is 3.63. The number of carbonyl (C=O) groups excluding carboxylic acids is 1. The highest BCUT2D eigenvalue weighted by atomic mass is 32.2. The highest BCUT2D eigenvalue weighted by Crippen LogP contribution is 2.03. The van der Waals surface area contributed by atoms with E-state index in [2.05, 4.69) is 11.7 Å². The zero-order valence-electron chi connectivity index (χ0n) is 7.00. The fourth-order valence-corrected chi connectivity index (χ4v) is 1.42. The monoisotopic (exact) mass is 177 g/mol. The van der Waals surface area contributed by atoms with Gasteiger partial charge in [0.2, 0.25) is 0 Å². The molecule has 0 aliphatic carbocycles. The van der Waals surface area contributed by atoms with Gasteiger partial charge >= 0.3 is 5.97 Å². The van der Waals surface area contributed by atoms with Crippen LogP contribution in [0.5, 0.6) is 0 Å². The minimum absolute atomic E-state index is 0.325. The second kappa shape index (κ2) is 6.49. The second-order valence-electron chi connectivity index (χ2n) is 2.20. The van der Waals surface area contributed by atoms with Crippen molar-refractivity contribution in [3.05, 3.63) is 0 Å². The Morgan fingerprint density at radius 2 is 2.36 bits per heavy atom. The quantitative estimate of drug-likeness (QED) is 0.494. The van der Waals surface area contributed by atoms with Crippen LogP contribution in [0.4, 0.5) is 0 Å². The predicted octanol–water partition coefficient (Wildman–Crippen LogP) is 0.630. The van der Waals surface area contributed by atoms with E-state index in [9.17, 15) is 4.79 Å². The molecule has 66 valence electrons. The number of carbonyl (C=O) groups is 1. The molecular weight excluding hydrogens is 162 g/mol. The van der Waals surface area contributed by atoms with Crippen molar-refractivity contribution in [1.82, 2.24) is 0 Å². The highest BCUT2D eigenvalue weighted by Gasteiger charge is 2.12. The molecule has 1 atom stereocenters. The van der Waals surface area contributed by atoms with Crippen LogP contribution in [0.15, 0.2) is 0 Å². The summed E-state index contributed by atoms with van der Waals surface area (Å²) in [5.74, 6) is 1.37. The molecule has 1 unspecified atom stereocenters. The largest absolute Gasteiger partial charge is 0.468 e. The van der Waals surface area contributed by atoms with Gasteiger partial charge in [-0.1, -0.05) is 6.92 Å². The molecule has 0 aliphatic rings. The molecule has 0 fully saturated rings. The van der Waals surface area contributed by atoms with E-state index in [1.165, 1.54) is 7.11 Å². The van der Waals surface area contributed by atoms with Gasteiger partial charge in [-0.25, -0.2) is 0 Å². The number of methoxy groups -OCH3 is 1. The highest BCUT2D eigenvalue weighted by molar-refractivity contribution is 7.99. The van der Waals surface area contributed by atoms with E-state index in [-0.39, 0.29) is 5.97 Å². The van der Waals surface area contributed by atoms with Crippen LogP contribution in [0.1, 0.15) is 13.3 Å². The van der Waals surface area contributed by atoms with Gasteiger partial charge in [0.05, 0.1) is 7.11 Å². The summed E-state index contributed by atoms with van der Waals surface area (Å²) < 4.78 is 4.47. The summed E-state index contributed by atoms with van der Waals surface area (Å²) in [6.45, 7) is 2.09. The van der Waals surface area contributed by atoms with Crippen LogP contribution in [0.2, 0.25) is 0 Å². The Kier molecular flexibility index (Phi) is 6.36. The van der Waals surface area contributed by atoms with Gasteiger partial charge in [0.15, 0.2) is 0 Å². The summed E-state index contributed by atoms with van der Waals surface area (Å²) >= 11 is 1.68. The smallest absolute Gasteiger partial charge is 0.323 e. The average Bonchev–Trinajstić information content (AvgIpc) is 2.03. The van der Waals surface area contributed by atoms with Gasteiger partial charge < -0.3 is 10.5 Å². The Morgan fingerprint density at radius 3 is 2.82 bits per heavy atom. The minimum atomic E-state index is -0.462. The molecule has 0 bridgehead atoms. The molecule has 11 heavy (non-hydrogen) atoms. The van der Waals surface area contributed by atoms with Gasteiger partial charge in [-0.2, -0.15) is 11.8 Å². The van der Waals surface area contributed by atoms with Crippen molar-refractivity contribution in [1.29, 1.82) is 0 Å². The Labute approximate surface area is 71.7 Å². The molecule has 0 rings (SSSR count). The first-order chi connectivity index (χ1) is 5.22. The normalized spacial score (nSPS) is 12.6. The van der Waals surface area contributed by atoms with Gasteiger partial charge in [0.25, 0.3) is 0 Å². The first-order valence-corrected chi connectivity index (χ1v) is 4.79. The van der Waals surface area contributed by atoms with E-state index < -0.39 is 6.04 Å². The molecule has 2 N–H and O–H groups in total. The third-order valence-electron chi connectivity index (χ3n) is 1.15. The van der Waals surface area contributed by atoms with E-state index >= 15 is 0 Å². The van der Waals surface area contributed by atoms with Crippen molar-refractivity contribution in [3.8, 4) is 0 Å². The first kappa shape index (κ1) is 10.8. The molecule has 0 heterocycles. The molecule has 0 radical (unpaired) electrons. The average molecular weight is 177 g/mol. The minimum Gasteiger partial charge on any atom is -0.468 e. The zero-order valence-corrected chi connectivity index (χ0v) is 7.82. The van der Waals surface area contributed by atoms with E-state index in [1.54, 1.807) is 11.8 Å². The number of hydrogen-bond acceptors (Lipinski definition) is 4. The summed E-state index contributed by atoms with van der Waals surface area (Å²) in [4.78, 5) is 10.7. The van der Waals surface area contributed by atoms with Crippen LogP contribution in [0.3, 0.4) is 0 Å². The molecule has 0 aromatic carbocycles. The fourth-order valence-electron chi connectivity index (χ4n) is 0.574. The van der Waals surface area contributed by atoms with Crippen molar-refractivity contribution in [3.63, 3.8) is 0 Å². The standard InChI is InChI=1S/C7H15NO2S/c1-3-4-11-5-6(8)7(9)10-2/h6H,3-5,8H2,1-2H3. The summed E-state index contributed by atoms with van der Waals surface area (Å²) in [6.07, 6.45) is 1.11. The lowest BCUT2D eigenvalue weighted by molar-refractivity contribution is -0.141. The Morgan fingerprint density at radius 1 is 1.73 bits per heavy atom. The topological polar surface area (TPSA) is 52.3 Å². The fraction of sp³-hybridized carbons (Fsp3) is 0.857. The van der Waals surface area contributed by atoms with Crippen LogP contribution >= 0.6 is 11.8 Å². The van der Waals surface area contributed by atoms with E-state index in [4.69, 9.17) is 5.73 Å². The van der Waals surface area contributed by atoms with E-state index in [0.29, 0.717) is 5.75 Å². The molecule has 4 heteroatoms. The third-order valence-corrected chi connectivity index (χ3v) is 2.44. The molecular formula is C7H15NO2S. The summed E-state index contributed by atoms with van der Waals surface area (Å²) in [6, 6.07) is -0.462. The molecule has 0 saturated carbocycles. The van der Waals surface area contributed by atoms with Crippen LogP contribution in [-0.4, -0.2) is 30.6 Å². The van der Waals surface area contributed by atoms with Gasteiger partial charge in [-0.3, -0.25) is 4.79 Å². The lowest BCUT2D eigenvalue weighted by Gasteiger charge is -2.07. The van der Waals surface area contributed by atoms with Crippen LogP contribution < -0.4 is 5.73 Å². The zero-order chi connectivity index (χ0) is 8.69. The molecule has 0 aromatic rings. The van der Waals surface area contributed by atoms with Crippen LogP contribution in [0, 0.1) is 0 Å². The summed E-state index contributed by atoms with van der Waals surface area (Å²) in [5.41, 5.74) is 5.47. The Balaban J connectivity index is 3.36. The van der Waals surface area contributed by atoms with Crippen molar-refractivity contribution in [2.75, 3.05) is 18.6 Å². The van der Waals surface area contributed by atoms with Crippen molar-refractivity contribution in [2.45, 2.75) is 19.4 Å². The third kappa shape index (κ3) is 5.09. The maximum atomic E-state index is 10.7. The lowest BCUT2D eigenvalue weighted by Crippen LogP contribution is -2.33. The molecule has 0 spiro atoms. The SMILES string of the molecule is CCCSCC(N)C(=O)OC. The maximum Gasteiger partial charge on any atom is 0.323 e. The number of thioether (sulfide) groups is 1. The van der Waals surface area contributed by atoms with Crippen molar-refractivity contribution < 1.29 is 9.53 Å². The predicted molar refractivity (Wildman–Crippen MR) is 47.6 cm³/mol. The Hall–Kier alpha value is -0.220. The van der Waals surface area contributed by atoms with Gasteiger partial charge in [-0.05, 0) is 12.2 Å². The van der Waals surface area contributed by atoms with Crippen LogP contribution in [0.25, 0.3) is 0 Å². The van der Waals surface area contributed by atoms with Crippen molar-refractivity contribution >= 4 is 17.7 Å². The van der Waals surface area contributed by atoms with Gasteiger partial charge in [-0.15, -0.1) is 0 Å². The van der Waals surface area contributed by atoms with Crippen molar-refractivity contribution in [2.24, 2.45) is 5.73 Å². The number of ether oxygens (including phenoxy) is 1. The number of esters is 1. The number of hydrogen-bond donors (Lipinski definition) is 1. The number of rotatable bonds is 5. The molecule has 0 aromatic heterocycles. The maximum absolute atomic E-state index is 10.7. The van der Waals surface area contributed by atoms with Crippen LogP contribution in [-0.2, 0) is 9.53 Å². The lowest BCUT2D eigenvalue weighted by atomic mass is 10.4. The Bertz CT molecular complexity index is 119. The summed E-state index contributed by atoms with van der Waals surface area (Å²) in [5, 5.41) is 0. The summed E-state index contributed by atoms with van der Waals surface area (Å²) in [7, 11) is 1.35. The molecule has 0 amide bonds.